The van der Waals surface area contributed by atoms with Gasteiger partial charge in [0.05, 0.1) is 0 Å². The summed E-state index contributed by atoms with van der Waals surface area (Å²) in [6.07, 6.45) is 0. The molecule has 0 heterocycles. The highest BCUT2D eigenvalue weighted by atomic mass is 16.5. The summed E-state index contributed by atoms with van der Waals surface area (Å²) in [5, 5.41) is 14.7. The standard InChI is InChI=1S/C14H20N2O4/c1-10(2)14(19)16-8-7-15-13(18)9-20-12-6-4-3-5-11(12)17/h3-6,10,17H,7-9H2,1-2H3,(H,15,18)(H,16,19). The Morgan fingerprint density at radius 2 is 1.85 bits per heavy atom. The Morgan fingerprint density at radius 3 is 2.50 bits per heavy atom. The van der Waals surface area contributed by atoms with Crippen molar-refractivity contribution in [3.8, 4) is 11.5 Å². The molecule has 20 heavy (non-hydrogen) atoms. The third-order valence-corrected chi connectivity index (χ3v) is 2.49. The predicted octanol–water partition coefficient (Wildman–Crippen LogP) is 0.659. The zero-order chi connectivity index (χ0) is 15.0. The van der Waals surface area contributed by atoms with Gasteiger partial charge >= 0.3 is 0 Å². The van der Waals surface area contributed by atoms with Crippen LogP contribution in [0.3, 0.4) is 0 Å². The topological polar surface area (TPSA) is 87.7 Å². The van der Waals surface area contributed by atoms with Gasteiger partial charge in [-0.2, -0.15) is 0 Å². The van der Waals surface area contributed by atoms with E-state index < -0.39 is 0 Å². The van der Waals surface area contributed by atoms with Crippen molar-refractivity contribution in [3.05, 3.63) is 24.3 Å². The number of rotatable bonds is 7. The van der Waals surface area contributed by atoms with E-state index in [2.05, 4.69) is 10.6 Å². The van der Waals surface area contributed by atoms with E-state index >= 15 is 0 Å². The maximum absolute atomic E-state index is 11.5. The molecule has 1 aromatic rings. The summed E-state index contributed by atoms with van der Waals surface area (Å²) >= 11 is 0. The molecule has 3 N–H and O–H groups in total. The maximum Gasteiger partial charge on any atom is 0.258 e. The summed E-state index contributed by atoms with van der Waals surface area (Å²) in [7, 11) is 0. The fourth-order valence-corrected chi connectivity index (χ4v) is 1.37. The minimum Gasteiger partial charge on any atom is -0.504 e. The third-order valence-electron chi connectivity index (χ3n) is 2.49. The van der Waals surface area contributed by atoms with Gasteiger partial charge in [0.2, 0.25) is 5.91 Å². The van der Waals surface area contributed by atoms with Gasteiger partial charge in [-0.25, -0.2) is 0 Å². The molecule has 6 nitrogen and oxygen atoms in total. The first-order chi connectivity index (χ1) is 9.50. The summed E-state index contributed by atoms with van der Waals surface area (Å²) in [6, 6.07) is 6.42. The van der Waals surface area contributed by atoms with Gasteiger partial charge in [0, 0.05) is 19.0 Å². The van der Waals surface area contributed by atoms with Gasteiger partial charge in [0.1, 0.15) is 0 Å². The molecule has 0 atom stereocenters. The van der Waals surface area contributed by atoms with Gasteiger partial charge in [0.15, 0.2) is 18.1 Å². The van der Waals surface area contributed by atoms with Crippen LogP contribution >= 0.6 is 0 Å². The number of nitrogens with one attached hydrogen (secondary N) is 2. The van der Waals surface area contributed by atoms with Crippen molar-refractivity contribution in [1.82, 2.24) is 10.6 Å². The smallest absolute Gasteiger partial charge is 0.258 e. The van der Waals surface area contributed by atoms with Gasteiger partial charge in [0.25, 0.3) is 5.91 Å². The van der Waals surface area contributed by atoms with Gasteiger partial charge < -0.3 is 20.5 Å². The van der Waals surface area contributed by atoms with E-state index in [1.54, 1.807) is 32.0 Å². The van der Waals surface area contributed by atoms with E-state index in [-0.39, 0.29) is 35.8 Å². The number of ether oxygens (including phenoxy) is 1. The molecule has 2 amide bonds. The van der Waals surface area contributed by atoms with E-state index in [0.717, 1.165) is 0 Å². The lowest BCUT2D eigenvalue weighted by Crippen LogP contribution is -2.38. The second-order valence-corrected chi connectivity index (χ2v) is 4.55. The number of amides is 2. The van der Waals surface area contributed by atoms with Crippen molar-refractivity contribution in [2.45, 2.75) is 13.8 Å². The lowest BCUT2D eigenvalue weighted by Gasteiger charge is -2.10. The molecule has 0 radical (unpaired) electrons. The van der Waals surface area contributed by atoms with Crippen molar-refractivity contribution in [3.63, 3.8) is 0 Å². The molecule has 0 saturated heterocycles. The largest absolute Gasteiger partial charge is 0.504 e. The lowest BCUT2D eigenvalue weighted by atomic mass is 10.2. The summed E-state index contributed by atoms with van der Waals surface area (Å²) in [4.78, 5) is 22.7. The maximum atomic E-state index is 11.5. The Labute approximate surface area is 118 Å². The third kappa shape index (κ3) is 5.60. The van der Waals surface area contributed by atoms with Crippen LogP contribution in [0.5, 0.6) is 11.5 Å². The highest BCUT2D eigenvalue weighted by Crippen LogP contribution is 2.23. The first kappa shape index (κ1) is 15.8. The summed E-state index contributed by atoms with van der Waals surface area (Å²) in [5.41, 5.74) is 0. The predicted molar refractivity (Wildman–Crippen MR) is 74.5 cm³/mol. The molecule has 0 bridgehead atoms. The highest BCUT2D eigenvalue weighted by Gasteiger charge is 2.07. The number of hydrogen-bond donors (Lipinski definition) is 3. The molecular weight excluding hydrogens is 260 g/mol. The average molecular weight is 280 g/mol. The molecule has 6 heteroatoms. The van der Waals surface area contributed by atoms with Gasteiger partial charge in [-0.1, -0.05) is 26.0 Å². The molecule has 0 spiro atoms. The fourth-order valence-electron chi connectivity index (χ4n) is 1.37. The Hall–Kier alpha value is -2.24. The first-order valence-electron chi connectivity index (χ1n) is 6.46. The van der Waals surface area contributed by atoms with Gasteiger partial charge in [-0.3, -0.25) is 9.59 Å². The number of phenols is 1. The molecule has 0 unspecified atom stereocenters. The fraction of sp³-hybridized carbons (Fsp3) is 0.429. The molecule has 110 valence electrons. The minimum absolute atomic E-state index is 0.00973. The number of aromatic hydroxyl groups is 1. The van der Waals surface area contributed by atoms with E-state index in [1.165, 1.54) is 6.07 Å². The molecule has 0 aliphatic heterocycles. The molecule has 1 rings (SSSR count). The monoisotopic (exact) mass is 280 g/mol. The van der Waals surface area contributed by atoms with E-state index in [0.29, 0.717) is 13.1 Å². The number of para-hydroxylation sites is 2. The van der Waals surface area contributed by atoms with Crippen LogP contribution in [0.2, 0.25) is 0 Å². The number of carbonyl (C=O) groups is 2. The van der Waals surface area contributed by atoms with E-state index in [4.69, 9.17) is 4.74 Å². The first-order valence-corrected chi connectivity index (χ1v) is 6.46. The Kier molecular flexibility index (Phi) is 6.36. The van der Waals surface area contributed by atoms with Crippen LogP contribution in [0.4, 0.5) is 0 Å². The molecule has 0 aliphatic carbocycles. The molecule has 0 fully saturated rings. The van der Waals surface area contributed by atoms with Crippen molar-refractivity contribution >= 4 is 11.8 Å². The SMILES string of the molecule is CC(C)C(=O)NCCNC(=O)COc1ccccc1O. The second kappa shape index (κ2) is 8.04. The van der Waals surface area contributed by atoms with Crippen molar-refractivity contribution in [1.29, 1.82) is 0 Å². The second-order valence-electron chi connectivity index (χ2n) is 4.55. The van der Waals surface area contributed by atoms with Crippen LogP contribution in [-0.2, 0) is 9.59 Å². The van der Waals surface area contributed by atoms with E-state index in [1.807, 2.05) is 0 Å². The molecule has 0 saturated carbocycles. The van der Waals surface area contributed by atoms with Crippen molar-refractivity contribution < 1.29 is 19.4 Å². The van der Waals surface area contributed by atoms with Crippen LogP contribution in [0, 0.1) is 5.92 Å². The Bertz CT molecular complexity index is 460. The number of carbonyl (C=O) groups excluding carboxylic acids is 2. The average Bonchev–Trinajstić information content (AvgIpc) is 2.42. The van der Waals surface area contributed by atoms with Crippen molar-refractivity contribution in [2.24, 2.45) is 5.92 Å². The van der Waals surface area contributed by atoms with Crippen LogP contribution in [0.25, 0.3) is 0 Å². The number of phenolic OH excluding ortho intramolecular Hbond substituents is 1. The quantitative estimate of drug-likeness (QED) is 0.640. The zero-order valence-electron chi connectivity index (χ0n) is 11.7. The summed E-state index contributed by atoms with van der Waals surface area (Å²) in [6.45, 7) is 4.12. The molecule has 0 aromatic heterocycles. The minimum atomic E-state index is -0.313. The van der Waals surface area contributed by atoms with Crippen LogP contribution in [-0.4, -0.2) is 36.6 Å². The van der Waals surface area contributed by atoms with Crippen molar-refractivity contribution in [2.75, 3.05) is 19.7 Å². The normalized spacial score (nSPS) is 10.2. The Morgan fingerprint density at radius 1 is 1.20 bits per heavy atom. The summed E-state index contributed by atoms with van der Waals surface area (Å²) < 4.78 is 5.17. The lowest BCUT2D eigenvalue weighted by molar-refractivity contribution is -0.125. The zero-order valence-corrected chi connectivity index (χ0v) is 11.7. The van der Waals surface area contributed by atoms with Crippen LogP contribution in [0.15, 0.2) is 24.3 Å². The highest BCUT2D eigenvalue weighted by molar-refractivity contribution is 5.78. The summed E-state index contributed by atoms with van der Waals surface area (Å²) in [5.74, 6) is -0.188. The number of benzene rings is 1. The number of hydrogen-bond acceptors (Lipinski definition) is 4. The molecule has 1 aromatic carbocycles. The van der Waals surface area contributed by atoms with Gasteiger partial charge in [-0.05, 0) is 12.1 Å². The van der Waals surface area contributed by atoms with E-state index in [9.17, 15) is 14.7 Å². The molecular formula is C14H20N2O4. The van der Waals surface area contributed by atoms with Crippen LogP contribution < -0.4 is 15.4 Å². The Balaban J connectivity index is 2.18. The van der Waals surface area contributed by atoms with Gasteiger partial charge in [-0.15, -0.1) is 0 Å². The molecule has 0 aliphatic rings. The van der Waals surface area contributed by atoms with Crippen LogP contribution in [0.1, 0.15) is 13.8 Å².